The number of amides is 2. The third kappa shape index (κ3) is 4.37. The fraction of sp³-hybridized carbons (Fsp3) is 0.261. The van der Waals surface area contributed by atoms with Crippen LogP contribution in [0.4, 0.5) is 5.69 Å². The highest BCUT2D eigenvalue weighted by atomic mass is 16.5. The highest BCUT2D eigenvalue weighted by Crippen LogP contribution is 2.26. The Bertz CT molecular complexity index is 1050. The third-order valence-electron chi connectivity index (χ3n) is 5.48. The maximum Gasteiger partial charge on any atom is 0.272 e. The van der Waals surface area contributed by atoms with E-state index in [1.165, 1.54) is 6.07 Å². The number of ether oxygens (including phenoxy) is 1. The van der Waals surface area contributed by atoms with Crippen LogP contribution in [-0.4, -0.2) is 58.3 Å². The van der Waals surface area contributed by atoms with Crippen molar-refractivity contribution in [3.05, 3.63) is 71.9 Å². The average Bonchev–Trinajstić information content (AvgIpc) is 3.24. The number of carbonyl (C=O) groups is 2. The molecule has 2 N–H and O–H groups in total. The Balaban J connectivity index is 1.59. The van der Waals surface area contributed by atoms with Crippen LogP contribution in [-0.2, 0) is 11.2 Å². The molecule has 0 spiro atoms. The van der Waals surface area contributed by atoms with Gasteiger partial charge in [0.15, 0.2) is 0 Å². The largest absolute Gasteiger partial charge is 0.497 e. The molecule has 1 unspecified atom stereocenters. The number of hydrogen-bond acceptors (Lipinski definition) is 5. The standard InChI is InChI=1S/C23H24N4O4/c1-31-18-10-8-17(9-11-18)26-13-14-27(22(29)19-15-21(28)25-24-19)20(23(26)30)12-7-16-5-3-2-4-6-16/h2-6,8-11,15,20H,7,12-14H2,1H3,(H2,24,25,28). The van der Waals surface area contributed by atoms with Crippen LogP contribution in [0.1, 0.15) is 22.5 Å². The van der Waals surface area contributed by atoms with E-state index in [0.29, 0.717) is 31.7 Å². The lowest BCUT2D eigenvalue weighted by Crippen LogP contribution is -2.59. The molecule has 2 amide bonds. The van der Waals surface area contributed by atoms with Crippen molar-refractivity contribution in [2.24, 2.45) is 0 Å². The number of benzene rings is 2. The highest BCUT2D eigenvalue weighted by molar-refractivity contribution is 6.03. The van der Waals surface area contributed by atoms with Gasteiger partial charge in [-0.15, -0.1) is 5.10 Å². The predicted molar refractivity (Wildman–Crippen MR) is 115 cm³/mol. The molecule has 1 atom stereocenters. The molecule has 2 heterocycles. The SMILES string of the molecule is COc1ccc(N2CCN(C(=O)c3cc(O)n[nH]3)C(CCc3ccccc3)C2=O)cc1. The lowest BCUT2D eigenvalue weighted by molar-refractivity contribution is -0.125. The summed E-state index contributed by atoms with van der Waals surface area (Å²) >= 11 is 0. The molecule has 1 fully saturated rings. The van der Waals surface area contributed by atoms with Crippen molar-refractivity contribution >= 4 is 17.5 Å². The minimum absolute atomic E-state index is 0.135. The second-order valence-electron chi connectivity index (χ2n) is 7.37. The second kappa shape index (κ2) is 8.91. The fourth-order valence-electron chi connectivity index (χ4n) is 3.85. The van der Waals surface area contributed by atoms with E-state index in [1.807, 2.05) is 54.6 Å². The quantitative estimate of drug-likeness (QED) is 0.639. The molecule has 160 valence electrons. The van der Waals surface area contributed by atoms with E-state index < -0.39 is 6.04 Å². The summed E-state index contributed by atoms with van der Waals surface area (Å²) in [5.41, 5.74) is 2.03. The molecule has 1 saturated heterocycles. The first kappa shape index (κ1) is 20.5. The Hall–Kier alpha value is -3.81. The van der Waals surface area contributed by atoms with Crippen molar-refractivity contribution in [2.45, 2.75) is 18.9 Å². The van der Waals surface area contributed by atoms with Crippen LogP contribution in [0.3, 0.4) is 0 Å². The van der Waals surface area contributed by atoms with Gasteiger partial charge < -0.3 is 19.6 Å². The number of aromatic amines is 1. The first-order valence-electron chi connectivity index (χ1n) is 10.1. The van der Waals surface area contributed by atoms with Gasteiger partial charge in [0.25, 0.3) is 5.91 Å². The van der Waals surface area contributed by atoms with Gasteiger partial charge in [-0.3, -0.25) is 14.7 Å². The summed E-state index contributed by atoms with van der Waals surface area (Å²) < 4.78 is 5.21. The van der Waals surface area contributed by atoms with Crippen molar-refractivity contribution < 1.29 is 19.4 Å². The summed E-state index contributed by atoms with van der Waals surface area (Å²) in [5, 5.41) is 15.7. The number of rotatable bonds is 6. The number of H-pyrrole nitrogens is 1. The van der Waals surface area contributed by atoms with Gasteiger partial charge in [-0.1, -0.05) is 30.3 Å². The number of aromatic hydroxyl groups is 1. The number of aryl methyl sites for hydroxylation is 1. The number of aromatic nitrogens is 2. The van der Waals surface area contributed by atoms with E-state index in [9.17, 15) is 14.7 Å². The van der Waals surface area contributed by atoms with Crippen molar-refractivity contribution in [3.63, 3.8) is 0 Å². The number of piperazine rings is 1. The Kier molecular flexibility index (Phi) is 5.88. The van der Waals surface area contributed by atoms with Gasteiger partial charge in [-0.2, -0.15) is 0 Å². The fourth-order valence-corrected chi connectivity index (χ4v) is 3.85. The summed E-state index contributed by atoms with van der Waals surface area (Å²) in [6.07, 6.45) is 1.15. The molecular weight excluding hydrogens is 396 g/mol. The van der Waals surface area contributed by atoms with Crippen LogP contribution in [0.2, 0.25) is 0 Å². The second-order valence-corrected chi connectivity index (χ2v) is 7.37. The van der Waals surface area contributed by atoms with Gasteiger partial charge in [0, 0.05) is 24.8 Å². The van der Waals surface area contributed by atoms with E-state index in [2.05, 4.69) is 10.2 Å². The first-order valence-corrected chi connectivity index (χ1v) is 10.1. The van der Waals surface area contributed by atoms with E-state index in [-0.39, 0.29) is 23.4 Å². The molecule has 0 aliphatic carbocycles. The Morgan fingerprint density at radius 2 is 1.90 bits per heavy atom. The molecule has 4 rings (SSSR count). The summed E-state index contributed by atoms with van der Waals surface area (Å²) in [5.74, 6) is -0.0323. The molecule has 0 radical (unpaired) electrons. The molecule has 1 aliphatic heterocycles. The molecule has 8 nitrogen and oxygen atoms in total. The number of nitrogens with one attached hydrogen (secondary N) is 1. The Labute approximate surface area is 180 Å². The molecule has 3 aromatic rings. The summed E-state index contributed by atoms with van der Waals surface area (Å²) in [6.45, 7) is 0.745. The number of carbonyl (C=O) groups excluding carboxylic acids is 2. The maximum atomic E-state index is 13.5. The zero-order valence-electron chi connectivity index (χ0n) is 17.2. The van der Waals surface area contributed by atoms with Crippen molar-refractivity contribution in [3.8, 4) is 11.6 Å². The normalized spacial score (nSPS) is 16.4. The zero-order chi connectivity index (χ0) is 21.8. The lowest BCUT2D eigenvalue weighted by Gasteiger charge is -2.40. The van der Waals surface area contributed by atoms with E-state index in [1.54, 1.807) is 16.9 Å². The number of anilines is 1. The molecule has 1 aromatic heterocycles. The van der Waals surface area contributed by atoms with E-state index in [0.717, 1.165) is 11.3 Å². The van der Waals surface area contributed by atoms with Gasteiger partial charge >= 0.3 is 0 Å². The van der Waals surface area contributed by atoms with Crippen molar-refractivity contribution in [1.29, 1.82) is 0 Å². The maximum absolute atomic E-state index is 13.5. The molecule has 31 heavy (non-hydrogen) atoms. The van der Waals surface area contributed by atoms with Crippen LogP contribution in [0, 0.1) is 0 Å². The van der Waals surface area contributed by atoms with Gasteiger partial charge in [0.1, 0.15) is 17.5 Å². The minimum atomic E-state index is -0.631. The number of methoxy groups -OCH3 is 1. The zero-order valence-corrected chi connectivity index (χ0v) is 17.2. The summed E-state index contributed by atoms with van der Waals surface area (Å²) in [6, 6.07) is 17.8. The lowest BCUT2D eigenvalue weighted by atomic mass is 10.00. The molecule has 8 heteroatoms. The number of hydrogen-bond donors (Lipinski definition) is 2. The summed E-state index contributed by atoms with van der Waals surface area (Å²) in [4.78, 5) is 29.8. The predicted octanol–water partition coefficient (Wildman–Crippen LogP) is 2.61. The highest BCUT2D eigenvalue weighted by Gasteiger charge is 2.38. The molecule has 0 bridgehead atoms. The number of nitrogens with zero attached hydrogens (tertiary/aromatic N) is 3. The molecule has 0 saturated carbocycles. The third-order valence-corrected chi connectivity index (χ3v) is 5.48. The van der Waals surface area contributed by atoms with Gasteiger partial charge in [0.2, 0.25) is 11.8 Å². The van der Waals surface area contributed by atoms with E-state index in [4.69, 9.17) is 4.74 Å². The summed E-state index contributed by atoms with van der Waals surface area (Å²) in [7, 11) is 1.59. The Morgan fingerprint density at radius 1 is 1.16 bits per heavy atom. The molecule has 2 aromatic carbocycles. The molecular formula is C23H24N4O4. The van der Waals surface area contributed by atoms with E-state index >= 15 is 0 Å². The molecule has 1 aliphatic rings. The van der Waals surface area contributed by atoms with Gasteiger partial charge in [-0.25, -0.2) is 0 Å². The van der Waals surface area contributed by atoms with Gasteiger partial charge in [-0.05, 0) is 42.7 Å². The first-order chi connectivity index (χ1) is 15.1. The van der Waals surface area contributed by atoms with Crippen LogP contribution in [0.25, 0.3) is 0 Å². The van der Waals surface area contributed by atoms with Crippen LogP contribution in [0.5, 0.6) is 11.6 Å². The topological polar surface area (TPSA) is 98.8 Å². The minimum Gasteiger partial charge on any atom is -0.497 e. The van der Waals surface area contributed by atoms with Crippen LogP contribution < -0.4 is 9.64 Å². The Morgan fingerprint density at radius 3 is 2.55 bits per heavy atom. The van der Waals surface area contributed by atoms with Crippen molar-refractivity contribution in [2.75, 3.05) is 25.1 Å². The van der Waals surface area contributed by atoms with Crippen LogP contribution in [0.15, 0.2) is 60.7 Å². The average molecular weight is 420 g/mol. The smallest absolute Gasteiger partial charge is 0.272 e. The van der Waals surface area contributed by atoms with Gasteiger partial charge in [0.05, 0.1) is 7.11 Å². The monoisotopic (exact) mass is 420 g/mol. The van der Waals surface area contributed by atoms with Crippen LogP contribution >= 0.6 is 0 Å². The van der Waals surface area contributed by atoms with Crippen molar-refractivity contribution in [1.82, 2.24) is 15.1 Å².